The highest BCUT2D eigenvalue weighted by molar-refractivity contribution is 7.99. The van der Waals surface area contributed by atoms with E-state index < -0.39 is 0 Å². The molecule has 1 nitrogen and oxygen atoms in total. The summed E-state index contributed by atoms with van der Waals surface area (Å²) in [6.45, 7) is 2.13. The minimum Gasteiger partial charge on any atom is -0.264 e. The van der Waals surface area contributed by atoms with Crippen molar-refractivity contribution in [1.82, 2.24) is 4.98 Å². The van der Waals surface area contributed by atoms with Crippen LogP contribution in [0.25, 0.3) is 0 Å². The summed E-state index contributed by atoms with van der Waals surface area (Å²) in [7, 11) is 0. The molecule has 1 fully saturated rings. The van der Waals surface area contributed by atoms with Crippen LogP contribution in [0.15, 0.2) is 23.4 Å². The fourth-order valence-electron chi connectivity index (χ4n) is 1.11. The molecule has 2 rings (SSSR count). The molecule has 0 spiro atoms. The van der Waals surface area contributed by atoms with Crippen molar-refractivity contribution in [3.05, 3.63) is 24.0 Å². The van der Waals surface area contributed by atoms with Gasteiger partial charge in [-0.05, 0) is 37.3 Å². The molecule has 1 heterocycles. The first-order valence-corrected chi connectivity index (χ1v) is 5.38. The second kappa shape index (κ2) is 3.48. The Labute approximate surface area is 77.6 Å². The van der Waals surface area contributed by atoms with Crippen LogP contribution in [0, 0.1) is 12.8 Å². The number of aromatic nitrogens is 1. The van der Waals surface area contributed by atoms with Gasteiger partial charge in [-0.25, -0.2) is 0 Å². The zero-order valence-corrected chi connectivity index (χ0v) is 8.10. The van der Waals surface area contributed by atoms with Crippen molar-refractivity contribution in [3.63, 3.8) is 0 Å². The van der Waals surface area contributed by atoms with Crippen LogP contribution in [-0.4, -0.2) is 10.7 Å². The summed E-state index contributed by atoms with van der Waals surface area (Å²) < 4.78 is 0. The Bertz CT molecular complexity index is 268. The summed E-state index contributed by atoms with van der Waals surface area (Å²) in [5.74, 6) is 2.30. The van der Waals surface area contributed by atoms with Gasteiger partial charge in [-0.2, -0.15) is 0 Å². The third-order valence-electron chi connectivity index (χ3n) is 2.14. The predicted octanol–water partition coefficient (Wildman–Crippen LogP) is 2.89. The monoisotopic (exact) mass is 179 g/mol. The number of pyridine rings is 1. The Morgan fingerprint density at radius 1 is 1.58 bits per heavy atom. The van der Waals surface area contributed by atoms with Gasteiger partial charge in [-0.1, -0.05) is 0 Å². The normalized spacial score (nSPS) is 16.4. The van der Waals surface area contributed by atoms with E-state index in [9.17, 15) is 0 Å². The molecule has 64 valence electrons. The number of nitrogens with zero attached hydrogens (tertiary/aromatic N) is 1. The van der Waals surface area contributed by atoms with Crippen molar-refractivity contribution in [1.29, 1.82) is 0 Å². The lowest BCUT2D eigenvalue weighted by Gasteiger charge is -2.02. The van der Waals surface area contributed by atoms with E-state index in [-0.39, 0.29) is 0 Å². The molecule has 0 bridgehead atoms. The number of thioether (sulfide) groups is 1. The topological polar surface area (TPSA) is 12.9 Å². The van der Waals surface area contributed by atoms with Crippen molar-refractivity contribution in [2.45, 2.75) is 24.7 Å². The van der Waals surface area contributed by atoms with E-state index in [1.807, 2.05) is 24.2 Å². The number of hydrogen-bond donors (Lipinski definition) is 0. The van der Waals surface area contributed by atoms with Crippen LogP contribution in [0.2, 0.25) is 0 Å². The van der Waals surface area contributed by atoms with Crippen LogP contribution in [0.4, 0.5) is 0 Å². The van der Waals surface area contributed by atoms with Gasteiger partial charge >= 0.3 is 0 Å². The van der Waals surface area contributed by atoms with Crippen LogP contribution >= 0.6 is 11.8 Å². The zero-order chi connectivity index (χ0) is 8.39. The van der Waals surface area contributed by atoms with Crippen LogP contribution in [0.1, 0.15) is 18.4 Å². The van der Waals surface area contributed by atoms with Gasteiger partial charge in [0.25, 0.3) is 0 Å². The van der Waals surface area contributed by atoms with Crippen molar-refractivity contribution in [2.75, 3.05) is 5.75 Å². The molecule has 1 aromatic heterocycles. The minimum atomic E-state index is 1.00. The molecule has 0 aromatic carbocycles. The standard InChI is InChI=1S/C10H13NS/c1-8-6-11-5-4-10(8)12-7-9-2-3-9/h4-6,9H,2-3,7H2,1H3. The minimum absolute atomic E-state index is 1.00. The predicted molar refractivity (Wildman–Crippen MR) is 52.4 cm³/mol. The molecule has 12 heavy (non-hydrogen) atoms. The molecule has 0 radical (unpaired) electrons. The molecule has 0 amide bonds. The number of hydrogen-bond acceptors (Lipinski definition) is 2. The Morgan fingerprint density at radius 2 is 2.42 bits per heavy atom. The maximum atomic E-state index is 4.07. The van der Waals surface area contributed by atoms with E-state index in [0.717, 1.165) is 5.92 Å². The molecule has 0 saturated heterocycles. The van der Waals surface area contributed by atoms with Gasteiger partial charge in [0.1, 0.15) is 0 Å². The van der Waals surface area contributed by atoms with Crippen molar-refractivity contribution in [3.8, 4) is 0 Å². The van der Waals surface area contributed by atoms with Gasteiger partial charge in [-0.15, -0.1) is 11.8 Å². The van der Waals surface area contributed by atoms with E-state index in [4.69, 9.17) is 0 Å². The first-order chi connectivity index (χ1) is 5.86. The lowest BCUT2D eigenvalue weighted by molar-refractivity contribution is 0.998. The second-order valence-electron chi connectivity index (χ2n) is 3.40. The lowest BCUT2D eigenvalue weighted by atomic mass is 10.3. The largest absolute Gasteiger partial charge is 0.264 e. The SMILES string of the molecule is Cc1cnccc1SCC1CC1. The highest BCUT2D eigenvalue weighted by atomic mass is 32.2. The first kappa shape index (κ1) is 8.11. The summed E-state index contributed by atoms with van der Waals surface area (Å²) in [4.78, 5) is 5.47. The van der Waals surface area contributed by atoms with Gasteiger partial charge < -0.3 is 0 Å². The zero-order valence-electron chi connectivity index (χ0n) is 7.29. The highest BCUT2D eigenvalue weighted by Crippen LogP contribution is 2.35. The average molecular weight is 179 g/mol. The molecule has 0 unspecified atom stereocenters. The van der Waals surface area contributed by atoms with Crippen molar-refractivity contribution in [2.24, 2.45) is 5.92 Å². The smallest absolute Gasteiger partial charge is 0.0308 e. The first-order valence-electron chi connectivity index (χ1n) is 4.39. The van der Waals surface area contributed by atoms with Crippen LogP contribution < -0.4 is 0 Å². The third kappa shape index (κ3) is 2.01. The quantitative estimate of drug-likeness (QED) is 0.662. The Kier molecular flexibility index (Phi) is 2.35. The molecule has 0 atom stereocenters. The van der Waals surface area contributed by atoms with E-state index in [1.54, 1.807) is 0 Å². The Balaban J connectivity index is 1.96. The van der Waals surface area contributed by atoms with Gasteiger partial charge in [0.05, 0.1) is 0 Å². The van der Waals surface area contributed by atoms with Gasteiger partial charge in [0, 0.05) is 23.0 Å². The maximum Gasteiger partial charge on any atom is 0.0308 e. The van der Waals surface area contributed by atoms with Crippen molar-refractivity contribution >= 4 is 11.8 Å². The van der Waals surface area contributed by atoms with Crippen LogP contribution in [0.3, 0.4) is 0 Å². The Hall–Kier alpha value is -0.500. The summed E-state index contributed by atoms with van der Waals surface area (Å²) >= 11 is 1.98. The summed E-state index contributed by atoms with van der Waals surface area (Å²) in [6, 6.07) is 2.11. The van der Waals surface area contributed by atoms with Gasteiger partial charge in [0.2, 0.25) is 0 Å². The molecule has 2 heteroatoms. The van der Waals surface area contributed by atoms with Crippen LogP contribution in [0.5, 0.6) is 0 Å². The van der Waals surface area contributed by atoms with Crippen molar-refractivity contribution < 1.29 is 0 Å². The van der Waals surface area contributed by atoms with Gasteiger partial charge in [-0.3, -0.25) is 4.98 Å². The molecular weight excluding hydrogens is 166 g/mol. The van der Waals surface area contributed by atoms with E-state index >= 15 is 0 Å². The fraction of sp³-hybridized carbons (Fsp3) is 0.500. The fourth-order valence-corrected chi connectivity index (χ4v) is 2.30. The van der Waals surface area contributed by atoms with E-state index in [0.29, 0.717) is 0 Å². The third-order valence-corrected chi connectivity index (χ3v) is 3.55. The molecule has 0 aliphatic heterocycles. The maximum absolute atomic E-state index is 4.07. The Morgan fingerprint density at radius 3 is 3.08 bits per heavy atom. The number of rotatable bonds is 3. The van der Waals surface area contributed by atoms with Gasteiger partial charge in [0.15, 0.2) is 0 Å². The molecule has 0 N–H and O–H groups in total. The highest BCUT2D eigenvalue weighted by Gasteiger charge is 2.21. The molecule has 1 aliphatic carbocycles. The summed E-state index contributed by atoms with van der Waals surface area (Å²) in [5.41, 5.74) is 1.31. The van der Waals surface area contributed by atoms with Crippen LogP contribution in [-0.2, 0) is 0 Å². The second-order valence-corrected chi connectivity index (χ2v) is 4.46. The molecule has 1 aromatic rings. The molecular formula is C10H13NS. The summed E-state index contributed by atoms with van der Waals surface area (Å²) in [6.07, 6.45) is 6.70. The molecule has 1 aliphatic rings. The lowest BCUT2D eigenvalue weighted by Crippen LogP contribution is -1.84. The molecule has 1 saturated carbocycles. The van der Waals surface area contributed by atoms with E-state index in [2.05, 4.69) is 18.0 Å². The number of aryl methyl sites for hydroxylation is 1. The van der Waals surface area contributed by atoms with E-state index in [1.165, 1.54) is 29.1 Å². The summed E-state index contributed by atoms with van der Waals surface area (Å²) in [5, 5.41) is 0. The average Bonchev–Trinajstić information content (AvgIpc) is 2.86.